The summed E-state index contributed by atoms with van der Waals surface area (Å²) in [6, 6.07) is 17.1. The number of guanidine groups is 1. The Labute approximate surface area is 196 Å². The van der Waals surface area contributed by atoms with Gasteiger partial charge >= 0.3 is 0 Å². The molecule has 2 aromatic carbocycles. The molecule has 0 aliphatic heterocycles. The normalized spacial score (nSPS) is 11.5. The lowest BCUT2D eigenvalue weighted by Crippen LogP contribution is -2.32. The smallest absolute Gasteiger partial charge is 0.230 e. The molecule has 10 heteroatoms. The summed E-state index contributed by atoms with van der Waals surface area (Å²) in [5.41, 5.74) is 13.1. The summed E-state index contributed by atoms with van der Waals surface area (Å²) in [6.07, 6.45) is 0.349. The monoisotopic (exact) mass is 468 g/mol. The molecule has 3 aromatic rings. The lowest BCUT2D eigenvalue weighted by molar-refractivity contribution is -0.115. The molecule has 0 aliphatic carbocycles. The summed E-state index contributed by atoms with van der Waals surface area (Å²) >= 11 is 1.27. The van der Waals surface area contributed by atoms with Gasteiger partial charge in [-0.1, -0.05) is 30.3 Å². The number of carbonyl (C=O) groups is 1. The molecule has 0 bridgehead atoms. The van der Waals surface area contributed by atoms with Gasteiger partial charge in [-0.3, -0.25) is 4.79 Å². The molecule has 0 unspecified atom stereocenters. The van der Waals surface area contributed by atoms with Crippen molar-refractivity contribution in [3.8, 4) is 5.75 Å². The number of aliphatic imine (C=N–C) groups is 1. The van der Waals surface area contributed by atoms with E-state index in [1.54, 1.807) is 5.38 Å². The molecule has 174 valence electrons. The van der Waals surface area contributed by atoms with Crippen LogP contribution in [0.4, 0.5) is 10.8 Å². The number of anilines is 1. The van der Waals surface area contributed by atoms with Gasteiger partial charge in [0.1, 0.15) is 18.5 Å². The maximum absolute atomic E-state index is 12.2. The molecule has 3 rings (SSSR count). The number of ether oxygens (including phenoxy) is 1. The Hall–Kier alpha value is -3.47. The minimum atomic E-state index is -0.587. The molecule has 0 radical (unpaired) electrons. The van der Waals surface area contributed by atoms with Crippen LogP contribution in [0.3, 0.4) is 0 Å². The van der Waals surface area contributed by atoms with Gasteiger partial charge in [0.2, 0.25) is 11.0 Å². The average molecular weight is 469 g/mol. The number of nitrogens with zero attached hydrogens (tertiary/aromatic N) is 2. The molecular weight excluding hydrogens is 440 g/mol. The second-order valence-electron chi connectivity index (χ2n) is 7.31. The molecule has 0 fully saturated rings. The predicted molar refractivity (Wildman–Crippen MR) is 131 cm³/mol. The molecule has 33 heavy (non-hydrogen) atoms. The van der Waals surface area contributed by atoms with E-state index in [0.29, 0.717) is 23.1 Å². The number of para-hydroxylation sites is 1. The minimum Gasteiger partial charge on any atom is -0.491 e. The zero-order valence-electron chi connectivity index (χ0n) is 18.1. The Morgan fingerprint density at radius 3 is 2.64 bits per heavy atom. The molecule has 1 atom stereocenters. The number of nitrogens with one attached hydrogen (secondary N) is 2. The summed E-state index contributed by atoms with van der Waals surface area (Å²) in [6.45, 7) is 1.40. The number of amides is 1. The molecule has 0 aliphatic rings. The summed E-state index contributed by atoms with van der Waals surface area (Å²) < 4.78 is 5.54. The number of carbonyl (C=O) groups excluding carboxylic acids is 1. The van der Waals surface area contributed by atoms with Crippen LogP contribution in [0.15, 0.2) is 65.0 Å². The SMILES string of the molecule is NC(N)=Nc1nc(CC(=O)Nc2ccc(CCNC[C@H](O)COc3ccccc3)cc2)cs1. The first-order valence-electron chi connectivity index (χ1n) is 10.5. The first kappa shape index (κ1) is 24.2. The Balaban J connectivity index is 1.33. The summed E-state index contributed by atoms with van der Waals surface area (Å²) in [7, 11) is 0. The van der Waals surface area contributed by atoms with Crippen molar-refractivity contribution >= 4 is 34.0 Å². The van der Waals surface area contributed by atoms with Crippen LogP contribution >= 0.6 is 11.3 Å². The van der Waals surface area contributed by atoms with Gasteiger partial charge in [-0.2, -0.15) is 4.99 Å². The second kappa shape index (κ2) is 12.5. The van der Waals surface area contributed by atoms with E-state index in [1.807, 2.05) is 54.6 Å². The number of thiazole rings is 1. The fourth-order valence-corrected chi connectivity index (χ4v) is 3.64. The number of aliphatic hydroxyl groups is 1. The first-order valence-corrected chi connectivity index (χ1v) is 11.4. The van der Waals surface area contributed by atoms with Crippen molar-refractivity contribution in [2.24, 2.45) is 16.5 Å². The van der Waals surface area contributed by atoms with Crippen LogP contribution in [0.2, 0.25) is 0 Å². The van der Waals surface area contributed by atoms with Gasteiger partial charge in [0.25, 0.3) is 0 Å². The molecule has 0 spiro atoms. The quantitative estimate of drug-likeness (QED) is 0.155. The van der Waals surface area contributed by atoms with Crippen LogP contribution in [0.5, 0.6) is 5.75 Å². The Morgan fingerprint density at radius 1 is 1.15 bits per heavy atom. The molecule has 1 aromatic heterocycles. The fraction of sp³-hybridized carbons (Fsp3) is 0.261. The standard InChI is InChI=1S/C23H28N6O3S/c24-22(25)29-23-28-18(15-33-23)12-21(31)27-17-8-6-16(7-9-17)10-11-26-13-19(30)14-32-20-4-2-1-3-5-20/h1-9,15,19,26,30H,10-14H2,(H,27,31)(H4,24,25,28,29)/t19-/m0/s1. The van der Waals surface area contributed by atoms with Gasteiger partial charge in [-0.25, -0.2) is 4.98 Å². The molecular formula is C23H28N6O3S. The maximum Gasteiger partial charge on any atom is 0.230 e. The lowest BCUT2D eigenvalue weighted by atomic mass is 10.1. The van der Waals surface area contributed by atoms with Crippen LogP contribution < -0.4 is 26.8 Å². The summed E-state index contributed by atoms with van der Waals surface area (Å²) in [4.78, 5) is 20.3. The molecule has 1 amide bonds. The van der Waals surface area contributed by atoms with Crippen molar-refractivity contribution in [2.45, 2.75) is 18.9 Å². The van der Waals surface area contributed by atoms with Crippen LogP contribution in [-0.4, -0.2) is 47.8 Å². The Kier molecular flexibility index (Phi) is 9.19. The third-order valence-corrected chi connectivity index (χ3v) is 5.28. The topological polar surface area (TPSA) is 148 Å². The zero-order chi connectivity index (χ0) is 23.5. The van der Waals surface area contributed by atoms with E-state index in [4.69, 9.17) is 16.2 Å². The van der Waals surface area contributed by atoms with E-state index in [0.717, 1.165) is 24.3 Å². The van der Waals surface area contributed by atoms with E-state index in [2.05, 4.69) is 20.6 Å². The van der Waals surface area contributed by atoms with Gasteiger partial charge in [0.15, 0.2) is 5.96 Å². The van der Waals surface area contributed by atoms with E-state index in [9.17, 15) is 9.90 Å². The largest absolute Gasteiger partial charge is 0.491 e. The molecule has 9 nitrogen and oxygen atoms in total. The number of benzene rings is 2. The lowest BCUT2D eigenvalue weighted by Gasteiger charge is -2.13. The minimum absolute atomic E-state index is 0.0658. The highest BCUT2D eigenvalue weighted by molar-refractivity contribution is 7.13. The molecule has 0 saturated heterocycles. The van der Waals surface area contributed by atoms with Crippen molar-refractivity contribution in [3.05, 3.63) is 71.2 Å². The molecule has 7 N–H and O–H groups in total. The van der Waals surface area contributed by atoms with Crippen LogP contribution in [-0.2, 0) is 17.6 Å². The first-order chi connectivity index (χ1) is 16.0. The maximum atomic E-state index is 12.2. The number of hydrogen-bond donors (Lipinski definition) is 5. The highest BCUT2D eigenvalue weighted by atomic mass is 32.1. The highest BCUT2D eigenvalue weighted by Crippen LogP contribution is 2.19. The Bertz CT molecular complexity index is 1040. The summed E-state index contributed by atoms with van der Waals surface area (Å²) in [5.74, 6) is 0.507. The van der Waals surface area contributed by atoms with Crippen molar-refractivity contribution in [1.29, 1.82) is 0 Å². The number of hydrogen-bond acceptors (Lipinski definition) is 7. The van der Waals surface area contributed by atoms with Gasteiger partial charge in [-0.05, 0) is 42.8 Å². The van der Waals surface area contributed by atoms with Crippen LogP contribution in [0.25, 0.3) is 0 Å². The van der Waals surface area contributed by atoms with Crippen LogP contribution in [0.1, 0.15) is 11.3 Å². The third-order valence-electron chi connectivity index (χ3n) is 4.50. The highest BCUT2D eigenvalue weighted by Gasteiger charge is 2.09. The zero-order valence-corrected chi connectivity index (χ0v) is 18.9. The van der Waals surface area contributed by atoms with E-state index in [1.165, 1.54) is 11.3 Å². The number of rotatable bonds is 12. The van der Waals surface area contributed by atoms with Crippen molar-refractivity contribution < 1.29 is 14.6 Å². The predicted octanol–water partition coefficient (Wildman–Crippen LogP) is 1.80. The van der Waals surface area contributed by atoms with Gasteiger partial charge in [0, 0.05) is 17.6 Å². The molecule has 0 saturated carbocycles. The van der Waals surface area contributed by atoms with Gasteiger partial charge in [-0.15, -0.1) is 11.3 Å². The van der Waals surface area contributed by atoms with E-state index < -0.39 is 6.10 Å². The number of aliphatic hydroxyl groups excluding tert-OH is 1. The van der Waals surface area contributed by atoms with Gasteiger partial charge < -0.3 is 31.9 Å². The van der Waals surface area contributed by atoms with Crippen molar-refractivity contribution in [1.82, 2.24) is 10.3 Å². The van der Waals surface area contributed by atoms with Crippen molar-refractivity contribution in [2.75, 3.05) is 25.0 Å². The van der Waals surface area contributed by atoms with Gasteiger partial charge in [0.05, 0.1) is 12.1 Å². The summed E-state index contributed by atoms with van der Waals surface area (Å²) in [5, 5.41) is 18.3. The third kappa shape index (κ3) is 8.89. The second-order valence-corrected chi connectivity index (χ2v) is 8.15. The Morgan fingerprint density at radius 2 is 1.91 bits per heavy atom. The number of aromatic nitrogens is 1. The van der Waals surface area contributed by atoms with Crippen LogP contribution in [0, 0.1) is 0 Å². The molecule has 1 heterocycles. The average Bonchev–Trinajstić information content (AvgIpc) is 3.22. The van der Waals surface area contributed by atoms with E-state index >= 15 is 0 Å². The van der Waals surface area contributed by atoms with E-state index in [-0.39, 0.29) is 24.9 Å². The van der Waals surface area contributed by atoms with Crippen molar-refractivity contribution in [3.63, 3.8) is 0 Å². The number of nitrogens with two attached hydrogens (primary N) is 2. The fourth-order valence-electron chi connectivity index (χ4n) is 2.93.